The van der Waals surface area contributed by atoms with Crippen LogP contribution in [0.4, 0.5) is 0 Å². The number of carbonyl (C=O) groups excluding carboxylic acids is 2. The van der Waals surface area contributed by atoms with Crippen LogP contribution in [0.1, 0.15) is 54.7 Å². The number of amides is 2. The first-order valence-corrected chi connectivity index (χ1v) is 9.45. The van der Waals surface area contributed by atoms with Crippen LogP contribution in [0.5, 0.6) is 0 Å². The molecule has 1 spiro atoms. The SMILES string of the molecule is Cc1cnc(C(=O)N2CC[C@@]3(CCCN(CC4CCC4)C3=O)C2)cn1. The highest BCUT2D eigenvalue weighted by Crippen LogP contribution is 2.41. The first-order chi connectivity index (χ1) is 12.1. The van der Waals surface area contributed by atoms with Gasteiger partial charge in [0.1, 0.15) is 5.69 Å². The Morgan fingerprint density at radius 2 is 2.04 bits per heavy atom. The Kier molecular flexibility index (Phi) is 4.21. The normalized spacial score (nSPS) is 27.0. The summed E-state index contributed by atoms with van der Waals surface area (Å²) in [6, 6.07) is 0. The van der Waals surface area contributed by atoms with E-state index in [0.717, 1.165) is 38.0 Å². The summed E-state index contributed by atoms with van der Waals surface area (Å²) in [5.41, 5.74) is 0.802. The van der Waals surface area contributed by atoms with Crippen LogP contribution in [0.25, 0.3) is 0 Å². The minimum absolute atomic E-state index is 0.103. The molecule has 2 aliphatic heterocycles. The van der Waals surface area contributed by atoms with Gasteiger partial charge >= 0.3 is 0 Å². The Bertz CT molecular complexity index is 671. The molecule has 0 N–H and O–H groups in total. The number of hydrogen-bond donors (Lipinski definition) is 0. The van der Waals surface area contributed by atoms with E-state index in [-0.39, 0.29) is 17.2 Å². The number of carbonyl (C=O) groups is 2. The van der Waals surface area contributed by atoms with E-state index >= 15 is 0 Å². The fraction of sp³-hybridized carbons (Fsp3) is 0.684. The van der Waals surface area contributed by atoms with Gasteiger partial charge in [0.15, 0.2) is 0 Å². The Hall–Kier alpha value is -1.98. The maximum absolute atomic E-state index is 13.1. The molecule has 134 valence electrons. The van der Waals surface area contributed by atoms with Crippen molar-refractivity contribution in [1.29, 1.82) is 0 Å². The average Bonchev–Trinajstić information content (AvgIpc) is 3.00. The van der Waals surface area contributed by atoms with Crippen molar-refractivity contribution in [3.05, 3.63) is 23.8 Å². The molecule has 6 heteroatoms. The third kappa shape index (κ3) is 3.02. The highest BCUT2D eigenvalue weighted by atomic mass is 16.2. The summed E-state index contributed by atoms with van der Waals surface area (Å²) in [6.45, 7) is 4.81. The Labute approximate surface area is 148 Å². The number of rotatable bonds is 3. The van der Waals surface area contributed by atoms with Gasteiger partial charge in [-0.15, -0.1) is 0 Å². The van der Waals surface area contributed by atoms with Crippen molar-refractivity contribution in [2.45, 2.75) is 45.4 Å². The van der Waals surface area contributed by atoms with Crippen molar-refractivity contribution >= 4 is 11.8 Å². The number of aromatic nitrogens is 2. The second-order valence-corrected chi connectivity index (χ2v) is 7.95. The Balaban J connectivity index is 1.45. The van der Waals surface area contributed by atoms with Gasteiger partial charge in [-0.1, -0.05) is 6.42 Å². The summed E-state index contributed by atoms with van der Waals surface area (Å²) in [7, 11) is 0. The molecule has 3 heterocycles. The first kappa shape index (κ1) is 16.5. The summed E-state index contributed by atoms with van der Waals surface area (Å²) in [5, 5.41) is 0. The molecule has 1 aromatic heterocycles. The maximum atomic E-state index is 13.1. The van der Waals surface area contributed by atoms with Crippen LogP contribution in [0.15, 0.2) is 12.4 Å². The van der Waals surface area contributed by atoms with Gasteiger partial charge in [0, 0.05) is 32.4 Å². The molecule has 0 unspecified atom stereocenters. The van der Waals surface area contributed by atoms with E-state index in [1.165, 1.54) is 25.5 Å². The van der Waals surface area contributed by atoms with Crippen LogP contribution in [0.3, 0.4) is 0 Å². The van der Waals surface area contributed by atoms with Gasteiger partial charge in [-0.25, -0.2) is 4.98 Å². The van der Waals surface area contributed by atoms with E-state index in [9.17, 15) is 9.59 Å². The maximum Gasteiger partial charge on any atom is 0.274 e. The summed E-state index contributed by atoms with van der Waals surface area (Å²) in [5.74, 6) is 0.866. The molecule has 25 heavy (non-hydrogen) atoms. The summed E-state index contributed by atoms with van der Waals surface area (Å²) in [4.78, 5) is 38.1. The molecule has 0 radical (unpaired) electrons. The van der Waals surface area contributed by atoms with Gasteiger partial charge in [-0.05, 0) is 44.9 Å². The van der Waals surface area contributed by atoms with Crippen LogP contribution >= 0.6 is 0 Å². The zero-order valence-corrected chi connectivity index (χ0v) is 14.9. The predicted octanol–water partition coefficient (Wildman–Crippen LogP) is 2.04. The molecule has 4 rings (SSSR count). The molecule has 1 aromatic rings. The smallest absolute Gasteiger partial charge is 0.274 e. The van der Waals surface area contributed by atoms with Gasteiger partial charge in [-0.3, -0.25) is 14.6 Å². The van der Waals surface area contributed by atoms with E-state index in [0.29, 0.717) is 24.7 Å². The largest absolute Gasteiger partial charge is 0.342 e. The Morgan fingerprint density at radius 3 is 2.72 bits per heavy atom. The molecule has 1 aliphatic carbocycles. The Morgan fingerprint density at radius 1 is 1.20 bits per heavy atom. The molecular formula is C19H26N4O2. The molecule has 3 fully saturated rings. The van der Waals surface area contributed by atoms with E-state index in [1.807, 2.05) is 6.92 Å². The lowest BCUT2D eigenvalue weighted by atomic mass is 9.77. The second-order valence-electron chi connectivity index (χ2n) is 7.95. The third-order valence-electron chi connectivity index (χ3n) is 6.17. The minimum Gasteiger partial charge on any atom is -0.342 e. The number of likely N-dealkylation sites (tertiary alicyclic amines) is 2. The number of piperidine rings is 1. The summed E-state index contributed by atoms with van der Waals surface area (Å²) in [6.07, 6.45) is 9.69. The van der Waals surface area contributed by atoms with Gasteiger partial charge in [0.25, 0.3) is 5.91 Å². The van der Waals surface area contributed by atoms with Crippen LogP contribution in [0.2, 0.25) is 0 Å². The number of aryl methyl sites for hydroxylation is 1. The van der Waals surface area contributed by atoms with E-state index in [4.69, 9.17) is 0 Å². The van der Waals surface area contributed by atoms with E-state index in [1.54, 1.807) is 11.1 Å². The molecule has 0 bridgehead atoms. The average molecular weight is 342 g/mol. The molecule has 2 amide bonds. The summed E-state index contributed by atoms with van der Waals surface area (Å²) >= 11 is 0. The molecule has 0 aromatic carbocycles. The van der Waals surface area contributed by atoms with Crippen LogP contribution in [0, 0.1) is 18.3 Å². The molecule has 1 atom stereocenters. The van der Waals surface area contributed by atoms with Crippen molar-refractivity contribution < 1.29 is 9.59 Å². The zero-order chi connectivity index (χ0) is 17.4. The van der Waals surface area contributed by atoms with E-state index in [2.05, 4.69) is 14.9 Å². The summed E-state index contributed by atoms with van der Waals surface area (Å²) < 4.78 is 0. The van der Waals surface area contributed by atoms with E-state index < -0.39 is 0 Å². The lowest BCUT2D eigenvalue weighted by Crippen LogP contribution is -2.52. The highest BCUT2D eigenvalue weighted by molar-refractivity contribution is 5.93. The van der Waals surface area contributed by atoms with Gasteiger partial charge in [0.2, 0.25) is 5.91 Å². The number of nitrogens with zero attached hydrogens (tertiary/aromatic N) is 4. The van der Waals surface area contributed by atoms with Gasteiger partial charge < -0.3 is 9.80 Å². The lowest BCUT2D eigenvalue weighted by Gasteiger charge is -2.42. The van der Waals surface area contributed by atoms with Crippen molar-refractivity contribution in [3.63, 3.8) is 0 Å². The molecule has 3 aliphatic rings. The zero-order valence-electron chi connectivity index (χ0n) is 14.9. The molecule has 6 nitrogen and oxygen atoms in total. The van der Waals surface area contributed by atoms with Crippen molar-refractivity contribution in [2.75, 3.05) is 26.2 Å². The van der Waals surface area contributed by atoms with Crippen molar-refractivity contribution in [2.24, 2.45) is 11.3 Å². The molecular weight excluding hydrogens is 316 g/mol. The third-order valence-corrected chi connectivity index (χ3v) is 6.17. The van der Waals surface area contributed by atoms with Crippen molar-refractivity contribution in [3.8, 4) is 0 Å². The number of hydrogen-bond acceptors (Lipinski definition) is 4. The highest BCUT2D eigenvalue weighted by Gasteiger charge is 2.49. The lowest BCUT2D eigenvalue weighted by molar-refractivity contribution is -0.146. The van der Waals surface area contributed by atoms with Gasteiger partial charge in [-0.2, -0.15) is 0 Å². The topological polar surface area (TPSA) is 66.4 Å². The fourth-order valence-corrected chi connectivity index (χ4v) is 4.40. The minimum atomic E-state index is -0.365. The van der Waals surface area contributed by atoms with Gasteiger partial charge in [0.05, 0.1) is 17.3 Å². The quantitative estimate of drug-likeness (QED) is 0.843. The second kappa shape index (κ2) is 6.39. The standard InChI is InChI=1S/C19H26N4O2/c1-14-10-21-16(11-20-14)17(24)23-9-7-19(13-23)6-3-8-22(18(19)25)12-15-4-2-5-15/h10-11,15H,2-9,12-13H2,1H3/t19-/m0/s1. The molecule has 2 saturated heterocycles. The van der Waals surface area contributed by atoms with Crippen LogP contribution < -0.4 is 0 Å². The molecule has 1 saturated carbocycles. The first-order valence-electron chi connectivity index (χ1n) is 9.45. The monoisotopic (exact) mass is 342 g/mol. The fourth-order valence-electron chi connectivity index (χ4n) is 4.40. The van der Waals surface area contributed by atoms with Crippen LogP contribution in [-0.4, -0.2) is 57.8 Å². The predicted molar refractivity (Wildman–Crippen MR) is 92.9 cm³/mol. The van der Waals surface area contributed by atoms with Crippen LogP contribution in [-0.2, 0) is 4.79 Å². The van der Waals surface area contributed by atoms with Crippen molar-refractivity contribution in [1.82, 2.24) is 19.8 Å².